The second kappa shape index (κ2) is 6.34. The molecule has 1 saturated heterocycles. The minimum Gasteiger partial charge on any atom is -0.377 e. The van der Waals surface area contributed by atoms with Crippen LogP contribution in [0.15, 0.2) is 30.6 Å². The fraction of sp³-hybridized carbons (Fsp3) is 0.421. The number of nitrogens with one attached hydrogen (secondary N) is 1. The number of aromatic amines is 1. The third-order valence-corrected chi connectivity index (χ3v) is 4.74. The summed E-state index contributed by atoms with van der Waals surface area (Å²) in [7, 11) is 0. The summed E-state index contributed by atoms with van der Waals surface area (Å²) < 4.78 is 5.57. The number of fused-ring (bicyclic) bond motifs is 1. The minimum atomic E-state index is -0.563. The molecule has 136 valence electrons. The van der Waals surface area contributed by atoms with E-state index in [4.69, 9.17) is 20.4 Å². The molecule has 7 nitrogen and oxygen atoms in total. The van der Waals surface area contributed by atoms with E-state index in [0.29, 0.717) is 19.0 Å². The van der Waals surface area contributed by atoms with Gasteiger partial charge in [-0.05, 0) is 32.9 Å². The average Bonchev–Trinajstić information content (AvgIpc) is 3.09. The summed E-state index contributed by atoms with van der Waals surface area (Å²) in [5, 5.41) is 1.00. The second-order valence-corrected chi connectivity index (χ2v) is 7.37. The molecule has 0 aromatic carbocycles. The molecule has 0 amide bonds. The predicted molar refractivity (Wildman–Crippen MR) is 102 cm³/mol. The van der Waals surface area contributed by atoms with Crippen LogP contribution in [0.2, 0.25) is 0 Å². The predicted octanol–water partition coefficient (Wildman–Crippen LogP) is 2.44. The van der Waals surface area contributed by atoms with Crippen LogP contribution in [-0.2, 0) is 10.3 Å². The molecule has 0 bridgehead atoms. The standard InChI is InChI=1S/C19H24N6O/c1-12-11-26-9-8-25(12)16-10-15(19(2,3)20)23-18(24-16)14-5-7-22-17-13(14)4-6-21-17/h4-7,10,12H,8-9,11,20H2,1-3H3,(H,21,22)/t12-/m1/s1. The molecular weight excluding hydrogens is 328 g/mol. The van der Waals surface area contributed by atoms with Gasteiger partial charge in [0.25, 0.3) is 0 Å². The molecule has 3 N–H and O–H groups in total. The maximum atomic E-state index is 6.38. The number of morpholine rings is 1. The average molecular weight is 352 g/mol. The number of hydrogen-bond acceptors (Lipinski definition) is 6. The van der Waals surface area contributed by atoms with Crippen molar-refractivity contribution in [1.29, 1.82) is 0 Å². The maximum absolute atomic E-state index is 6.38. The minimum absolute atomic E-state index is 0.255. The van der Waals surface area contributed by atoms with Gasteiger partial charge < -0.3 is 20.4 Å². The summed E-state index contributed by atoms with van der Waals surface area (Å²) in [6.07, 6.45) is 3.65. The largest absolute Gasteiger partial charge is 0.377 e. The smallest absolute Gasteiger partial charge is 0.162 e. The number of pyridine rings is 1. The fourth-order valence-electron chi connectivity index (χ4n) is 3.26. The Kier molecular flexibility index (Phi) is 4.13. The van der Waals surface area contributed by atoms with Crippen LogP contribution >= 0.6 is 0 Å². The van der Waals surface area contributed by atoms with Gasteiger partial charge in [0.05, 0.1) is 30.5 Å². The molecule has 1 aliphatic rings. The number of rotatable bonds is 3. The van der Waals surface area contributed by atoms with E-state index >= 15 is 0 Å². The molecule has 0 unspecified atom stereocenters. The normalized spacial score (nSPS) is 18.5. The van der Waals surface area contributed by atoms with Gasteiger partial charge in [0, 0.05) is 36.0 Å². The summed E-state index contributed by atoms with van der Waals surface area (Å²) in [5.41, 5.74) is 8.40. The Labute approximate surface area is 152 Å². The highest BCUT2D eigenvalue weighted by molar-refractivity contribution is 5.91. The van der Waals surface area contributed by atoms with Gasteiger partial charge in [0.2, 0.25) is 0 Å². The molecule has 1 fully saturated rings. The zero-order valence-electron chi connectivity index (χ0n) is 15.4. The third-order valence-electron chi connectivity index (χ3n) is 4.74. The monoisotopic (exact) mass is 352 g/mol. The molecule has 3 aromatic heterocycles. The Balaban J connectivity index is 1.89. The Morgan fingerprint density at radius 1 is 1.31 bits per heavy atom. The molecule has 0 saturated carbocycles. The zero-order valence-corrected chi connectivity index (χ0v) is 15.4. The van der Waals surface area contributed by atoms with Gasteiger partial charge in [-0.2, -0.15) is 0 Å². The van der Waals surface area contributed by atoms with Gasteiger partial charge in [-0.15, -0.1) is 0 Å². The van der Waals surface area contributed by atoms with Gasteiger partial charge in [-0.25, -0.2) is 15.0 Å². The van der Waals surface area contributed by atoms with Crippen LogP contribution in [0, 0.1) is 0 Å². The molecule has 4 heterocycles. The van der Waals surface area contributed by atoms with Gasteiger partial charge in [0.15, 0.2) is 5.82 Å². The van der Waals surface area contributed by atoms with E-state index in [9.17, 15) is 0 Å². The van der Waals surface area contributed by atoms with E-state index in [2.05, 4.69) is 21.8 Å². The molecular formula is C19H24N6O. The van der Waals surface area contributed by atoms with Crippen molar-refractivity contribution >= 4 is 16.9 Å². The van der Waals surface area contributed by atoms with Crippen molar-refractivity contribution in [1.82, 2.24) is 19.9 Å². The van der Waals surface area contributed by atoms with Crippen molar-refractivity contribution in [3.63, 3.8) is 0 Å². The highest BCUT2D eigenvalue weighted by Crippen LogP contribution is 2.29. The first kappa shape index (κ1) is 16.9. The number of nitrogens with zero attached hydrogens (tertiary/aromatic N) is 4. The highest BCUT2D eigenvalue weighted by Gasteiger charge is 2.25. The number of nitrogens with two attached hydrogens (primary N) is 1. The van der Waals surface area contributed by atoms with Crippen molar-refractivity contribution in [3.8, 4) is 11.4 Å². The van der Waals surface area contributed by atoms with E-state index in [1.54, 1.807) is 6.20 Å². The number of aromatic nitrogens is 4. The highest BCUT2D eigenvalue weighted by atomic mass is 16.5. The Bertz CT molecular complexity index is 929. The lowest BCUT2D eigenvalue weighted by Crippen LogP contribution is -2.44. The summed E-state index contributed by atoms with van der Waals surface area (Å²) in [6, 6.07) is 6.20. The SMILES string of the molecule is C[C@@H]1COCCN1c1cc(C(C)(C)N)nc(-c2ccnc3[nH]ccc23)n1. The van der Waals surface area contributed by atoms with Crippen LogP contribution in [0.1, 0.15) is 26.5 Å². The van der Waals surface area contributed by atoms with Gasteiger partial charge in [0.1, 0.15) is 11.5 Å². The summed E-state index contributed by atoms with van der Waals surface area (Å²) in [4.78, 5) is 19.4. The molecule has 1 aliphatic heterocycles. The second-order valence-electron chi connectivity index (χ2n) is 7.37. The Hall–Kier alpha value is -2.51. The molecule has 0 radical (unpaired) electrons. The van der Waals surface area contributed by atoms with Crippen LogP contribution in [0.4, 0.5) is 5.82 Å². The first-order chi connectivity index (χ1) is 12.4. The molecule has 0 aliphatic carbocycles. The van der Waals surface area contributed by atoms with Crippen LogP contribution in [-0.4, -0.2) is 45.7 Å². The van der Waals surface area contributed by atoms with E-state index in [1.807, 2.05) is 38.2 Å². The van der Waals surface area contributed by atoms with E-state index < -0.39 is 5.54 Å². The Morgan fingerprint density at radius 2 is 2.15 bits per heavy atom. The lowest BCUT2D eigenvalue weighted by molar-refractivity contribution is 0.0985. The quantitative estimate of drug-likeness (QED) is 0.752. The van der Waals surface area contributed by atoms with Gasteiger partial charge in [-0.1, -0.05) is 0 Å². The van der Waals surface area contributed by atoms with Crippen LogP contribution < -0.4 is 10.6 Å². The Morgan fingerprint density at radius 3 is 2.92 bits per heavy atom. The van der Waals surface area contributed by atoms with Crippen LogP contribution in [0.3, 0.4) is 0 Å². The molecule has 3 aromatic rings. The first-order valence-electron chi connectivity index (χ1n) is 8.89. The van der Waals surface area contributed by atoms with Crippen molar-refractivity contribution < 1.29 is 4.74 Å². The molecule has 0 spiro atoms. The zero-order chi connectivity index (χ0) is 18.3. The summed E-state index contributed by atoms with van der Waals surface area (Å²) in [6.45, 7) is 8.26. The summed E-state index contributed by atoms with van der Waals surface area (Å²) >= 11 is 0. The molecule has 26 heavy (non-hydrogen) atoms. The molecule has 1 atom stereocenters. The number of anilines is 1. The van der Waals surface area contributed by atoms with Crippen LogP contribution in [0.25, 0.3) is 22.4 Å². The van der Waals surface area contributed by atoms with Crippen molar-refractivity contribution in [2.24, 2.45) is 5.73 Å². The van der Waals surface area contributed by atoms with Crippen molar-refractivity contribution in [2.45, 2.75) is 32.4 Å². The van der Waals surface area contributed by atoms with E-state index in [1.165, 1.54) is 0 Å². The lowest BCUT2D eigenvalue weighted by Gasteiger charge is -2.35. The summed E-state index contributed by atoms with van der Waals surface area (Å²) in [5.74, 6) is 1.56. The number of ether oxygens (including phenoxy) is 1. The van der Waals surface area contributed by atoms with Crippen molar-refractivity contribution in [3.05, 3.63) is 36.3 Å². The lowest BCUT2D eigenvalue weighted by atomic mass is 10.0. The maximum Gasteiger partial charge on any atom is 0.162 e. The molecule has 4 rings (SSSR count). The van der Waals surface area contributed by atoms with Crippen molar-refractivity contribution in [2.75, 3.05) is 24.7 Å². The topological polar surface area (TPSA) is 93.0 Å². The van der Waals surface area contributed by atoms with Gasteiger partial charge in [-0.3, -0.25) is 0 Å². The fourth-order valence-corrected chi connectivity index (χ4v) is 3.26. The van der Waals surface area contributed by atoms with Crippen LogP contribution in [0.5, 0.6) is 0 Å². The number of H-pyrrole nitrogens is 1. The van der Waals surface area contributed by atoms with E-state index in [-0.39, 0.29) is 6.04 Å². The third kappa shape index (κ3) is 3.04. The number of hydrogen-bond donors (Lipinski definition) is 2. The van der Waals surface area contributed by atoms with E-state index in [0.717, 1.165) is 34.7 Å². The van der Waals surface area contributed by atoms with Gasteiger partial charge >= 0.3 is 0 Å². The molecule has 7 heteroatoms. The first-order valence-corrected chi connectivity index (χ1v) is 8.89.